The molecule has 0 bridgehead atoms. The third-order valence-corrected chi connectivity index (χ3v) is 2.16. The maximum Gasteiger partial charge on any atom is 0.325 e. The molecule has 0 saturated heterocycles. The molecule has 2 N–H and O–H groups in total. The highest BCUT2D eigenvalue weighted by atomic mass is 16.4. The molecule has 0 spiro atoms. The van der Waals surface area contributed by atoms with Gasteiger partial charge in [0.15, 0.2) is 0 Å². The Kier molecular flexibility index (Phi) is 5.85. The van der Waals surface area contributed by atoms with Crippen LogP contribution in [0.4, 0.5) is 4.79 Å². The summed E-state index contributed by atoms with van der Waals surface area (Å²) >= 11 is 0. The van der Waals surface area contributed by atoms with Crippen molar-refractivity contribution in [3.63, 3.8) is 0 Å². The molecule has 0 saturated carbocycles. The predicted octanol–water partition coefficient (Wildman–Crippen LogP) is 1.54. The summed E-state index contributed by atoms with van der Waals surface area (Å²) < 4.78 is 0. The first-order chi connectivity index (χ1) is 7.25. The molecule has 0 fully saturated rings. The summed E-state index contributed by atoms with van der Waals surface area (Å²) in [6.45, 7) is 9.93. The van der Waals surface area contributed by atoms with Crippen LogP contribution < -0.4 is 5.32 Å². The first-order valence-corrected chi connectivity index (χ1v) is 5.55. The number of carbonyl (C=O) groups excluding carboxylic acids is 1. The van der Waals surface area contributed by atoms with Gasteiger partial charge >= 0.3 is 12.0 Å². The zero-order valence-electron chi connectivity index (χ0n) is 10.7. The normalized spacial score (nSPS) is 12.7. The number of hydrogen-bond donors (Lipinski definition) is 2. The monoisotopic (exact) mass is 230 g/mol. The van der Waals surface area contributed by atoms with E-state index in [1.54, 1.807) is 4.90 Å². The Morgan fingerprint density at radius 2 is 1.69 bits per heavy atom. The number of carboxylic acids is 1. The van der Waals surface area contributed by atoms with Gasteiger partial charge in [-0.3, -0.25) is 4.79 Å². The minimum Gasteiger partial charge on any atom is -0.480 e. The van der Waals surface area contributed by atoms with Crippen LogP contribution in [0.15, 0.2) is 0 Å². The summed E-state index contributed by atoms with van der Waals surface area (Å²) in [5.41, 5.74) is 0. The van der Waals surface area contributed by atoms with Crippen LogP contribution in [0, 0.1) is 5.92 Å². The number of rotatable bonds is 5. The number of amides is 2. The number of carbonyl (C=O) groups is 2. The van der Waals surface area contributed by atoms with Crippen LogP contribution in [-0.2, 0) is 4.79 Å². The van der Waals surface area contributed by atoms with Crippen molar-refractivity contribution in [3.8, 4) is 0 Å². The van der Waals surface area contributed by atoms with Crippen LogP contribution in [0.1, 0.15) is 34.6 Å². The van der Waals surface area contributed by atoms with Crippen molar-refractivity contribution in [2.45, 2.75) is 46.7 Å². The van der Waals surface area contributed by atoms with E-state index in [4.69, 9.17) is 5.11 Å². The lowest BCUT2D eigenvalue weighted by atomic mass is 10.2. The molecule has 0 aliphatic rings. The average Bonchev–Trinajstić information content (AvgIpc) is 2.12. The second-order valence-corrected chi connectivity index (χ2v) is 4.65. The van der Waals surface area contributed by atoms with Gasteiger partial charge in [-0.05, 0) is 26.7 Å². The van der Waals surface area contributed by atoms with Crippen LogP contribution in [0.2, 0.25) is 0 Å². The fourth-order valence-corrected chi connectivity index (χ4v) is 1.25. The second-order valence-electron chi connectivity index (χ2n) is 4.65. The van der Waals surface area contributed by atoms with E-state index in [9.17, 15) is 9.59 Å². The molecule has 0 heterocycles. The molecule has 0 radical (unpaired) electrons. The minimum absolute atomic E-state index is 0.0587. The molecule has 0 aromatic rings. The Morgan fingerprint density at radius 3 is 2.00 bits per heavy atom. The van der Waals surface area contributed by atoms with Gasteiger partial charge in [-0.15, -0.1) is 0 Å². The molecule has 16 heavy (non-hydrogen) atoms. The number of nitrogens with zero attached hydrogens (tertiary/aromatic N) is 1. The molecule has 0 aliphatic heterocycles. The average molecular weight is 230 g/mol. The highest BCUT2D eigenvalue weighted by Crippen LogP contribution is 2.04. The molecule has 2 amide bonds. The molecular weight excluding hydrogens is 208 g/mol. The smallest absolute Gasteiger partial charge is 0.325 e. The minimum atomic E-state index is -1.03. The quantitative estimate of drug-likeness (QED) is 0.752. The molecule has 0 aromatic carbocycles. The Labute approximate surface area is 96.8 Å². The summed E-state index contributed by atoms with van der Waals surface area (Å²) in [4.78, 5) is 24.0. The van der Waals surface area contributed by atoms with Crippen molar-refractivity contribution < 1.29 is 14.7 Å². The number of carboxylic acid groups (broad SMARTS) is 1. The maximum absolute atomic E-state index is 11.8. The summed E-state index contributed by atoms with van der Waals surface area (Å²) in [5.74, 6) is -0.671. The molecular formula is C11H22N2O3. The van der Waals surface area contributed by atoms with Gasteiger partial charge in [-0.2, -0.15) is 0 Å². The van der Waals surface area contributed by atoms with Crippen LogP contribution in [0.25, 0.3) is 0 Å². The van der Waals surface area contributed by atoms with Gasteiger partial charge in [0.25, 0.3) is 0 Å². The highest BCUT2D eigenvalue weighted by molar-refractivity contribution is 5.82. The third-order valence-electron chi connectivity index (χ3n) is 2.16. The largest absolute Gasteiger partial charge is 0.480 e. The fourth-order valence-electron chi connectivity index (χ4n) is 1.25. The fraction of sp³-hybridized carbons (Fsp3) is 0.818. The van der Waals surface area contributed by atoms with E-state index in [1.807, 2.05) is 27.7 Å². The van der Waals surface area contributed by atoms with E-state index >= 15 is 0 Å². The lowest BCUT2D eigenvalue weighted by Crippen LogP contribution is -2.50. The summed E-state index contributed by atoms with van der Waals surface area (Å²) in [6.07, 6.45) is 0. The lowest BCUT2D eigenvalue weighted by Gasteiger charge is -2.29. The zero-order chi connectivity index (χ0) is 12.9. The summed E-state index contributed by atoms with van der Waals surface area (Å²) in [6, 6.07) is -1.12. The van der Waals surface area contributed by atoms with E-state index in [1.165, 1.54) is 6.92 Å². The highest BCUT2D eigenvalue weighted by Gasteiger charge is 2.21. The molecule has 5 heteroatoms. The van der Waals surface area contributed by atoms with Gasteiger partial charge in [0.05, 0.1) is 0 Å². The van der Waals surface area contributed by atoms with Crippen molar-refractivity contribution in [1.82, 2.24) is 10.2 Å². The first kappa shape index (κ1) is 14.7. The number of hydrogen-bond acceptors (Lipinski definition) is 2. The van der Waals surface area contributed by atoms with Crippen LogP contribution in [-0.4, -0.2) is 40.6 Å². The summed E-state index contributed by atoms with van der Waals surface area (Å²) in [5, 5.41) is 11.2. The van der Waals surface area contributed by atoms with E-state index in [-0.39, 0.29) is 12.1 Å². The van der Waals surface area contributed by atoms with E-state index in [2.05, 4.69) is 5.32 Å². The Morgan fingerprint density at radius 1 is 1.19 bits per heavy atom. The number of nitrogens with one attached hydrogen (secondary N) is 1. The molecule has 0 unspecified atom stereocenters. The van der Waals surface area contributed by atoms with Crippen molar-refractivity contribution >= 4 is 12.0 Å². The molecule has 0 aromatic heterocycles. The SMILES string of the molecule is CC(C)CN(C(=O)N[C@H](C)C(=O)O)C(C)C. The van der Waals surface area contributed by atoms with Crippen LogP contribution in [0.3, 0.4) is 0 Å². The maximum atomic E-state index is 11.8. The predicted molar refractivity (Wildman–Crippen MR) is 62.3 cm³/mol. The Balaban J connectivity index is 4.44. The molecule has 0 aliphatic carbocycles. The van der Waals surface area contributed by atoms with Gasteiger partial charge in [-0.1, -0.05) is 13.8 Å². The number of urea groups is 1. The van der Waals surface area contributed by atoms with Crippen molar-refractivity contribution in [2.24, 2.45) is 5.92 Å². The lowest BCUT2D eigenvalue weighted by molar-refractivity contribution is -0.138. The van der Waals surface area contributed by atoms with Crippen LogP contribution in [0.5, 0.6) is 0 Å². The first-order valence-electron chi connectivity index (χ1n) is 5.55. The zero-order valence-corrected chi connectivity index (χ0v) is 10.7. The van der Waals surface area contributed by atoms with E-state index in [0.29, 0.717) is 12.5 Å². The molecule has 94 valence electrons. The number of aliphatic carboxylic acids is 1. The molecule has 1 atom stereocenters. The van der Waals surface area contributed by atoms with Gasteiger partial charge in [-0.25, -0.2) is 4.79 Å². The topological polar surface area (TPSA) is 69.6 Å². The molecule has 5 nitrogen and oxygen atoms in total. The van der Waals surface area contributed by atoms with Crippen molar-refractivity contribution in [3.05, 3.63) is 0 Å². The Hall–Kier alpha value is -1.26. The standard InChI is InChI=1S/C11H22N2O3/c1-7(2)6-13(8(3)4)11(16)12-9(5)10(14)15/h7-9H,6H2,1-5H3,(H,12,16)(H,14,15)/t9-/m1/s1. The molecule has 0 rings (SSSR count). The van der Waals surface area contributed by atoms with Gasteiger partial charge in [0.1, 0.15) is 6.04 Å². The third kappa shape index (κ3) is 5.00. The van der Waals surface area contributed by atoms with Crippen molar-refractivity contribution in [2.75, 3.05) is 6.54 Å². The summed E-state index contributed by atoms with van der Waals surface area (Å²) in [7, 11) is 0. The second kappa shape index (κ2) is 6.35. The van der Waals surface area contributed by atoms with Crippen molar-refractivity contribution in [1.29, 1.82) is 0 Å². The van der Waals surface area contributed by atoms with Gasteiger partial charge < -0.3 is 15.3 Å². The van der Waals surface area contributed by atoms with E-state index < -0.39 is 12.0 Å². The van der Waals surface area contributed by atoms with Gasteiger partial charge in [0.2, 0.25) is 0 Å². The van der Waals surface area contributed by atoms with Crippen LogP contribution >= 0.6 is 0 Å². The Bertz CT molecular complexity index is 252. The van der Waals surface area contributed by atoms with Gasteiger partial charge in [0, 0.05) is 12.6 Å². The van der Waals surface area contributed by atoms with E-state index in [0.717, 1.165) is 0 Å².